The number of hydrogen-bond acceptors (Lipinski definition) is 4. The van der Waals surface area contributed by atoms with Gasteiger partial charge in [0.05, 0.1) is 5.69 Å². The Morgan fingerprint density at radius 2 is 2.35 bits per heavy atom. The van der Waals surface area contributed by atoms with Crippen molar-refractivity contribution in [3.8, 4) is 11.2 Å². The molecule has 0 saturated carbocycles. The molecule has 0 aliphatic heterocycles. The van der Waals surface area contributed by atoms with Crippen LogP contribution >= 0.6 is 22.9 Å². The quantitative estimate of drug-likeness (QED) is 0.858. The van der Waals surface area contributed by atoms with Crippen molar-refractivity contribution in [2.75, 3.05) is 0 Å². The number of aromatic nitrogens is 3. The minimum absolute atomic E-state index is 0.345. The zero-order valence-electron chi connectivity index (χ0n) is 9.51. The summed E-state index contributed by atoms with van der Waals surface area (Å²) in [4.78, 5) is 4.14. The molecule has 0 saturated heterocycles. The lowest BCUT2D eigenvalue weighted by Crippen LogP contribution is -1.99. The van der Waals surface area contributed by atoms with Crippen molar-refractivity contribution in [1.82, 2.24) is 14.8 Å². The molecule has 88 valence electrons. The molecule has 0 fully saturated rings. The summed E-state index contributed by atoms with van der Waals surface area (Å²) in [7, 11) is 0. The zero-order valence-corrected chi connectivity index (χ0v) is 11.1. The van der Waals surface area contributed by atoms with Gasteiger partial charge < -0.3 is 0 Å². The third-order valence-corrected chi connectivity index (χ3v) is 3.31. The van der Waals surface area contributed by atoms with Gasteiger partial charge in [-0.1, -0.05) is 25.4 Å². The molecule has 0 spiro atoms. The SMILES string of the molecule is CC(C)Cc1nn(-c2nccs2)c(Cl)c1C#N. The third-order valence-electron chi connectivity index (χ3n) is 2.22. The molecule has 4 nitrogen and oxygen atoms in total. The molecule has 0 unspecified atom stereocenters. The van der Waals surface area contributed by atoms with Crippen LogP contribution in [0.1, 0.15) is 25.1 Å². The fourth-order valence-corrected chi connectivity index (χ4v) is 2.44. The predicted molar refractivity (Wildman–Crippen MR) is 67.5 cm³/mol. The van der Waals surface area contributed by atoms with E-state index in [-0.39, 0.29) is 0 Å². The molecular formula is C11H11ClN4S. The molecular weight excluding hydrogens is 256 g/mol. The Balaban J connectivity index is 2.50. The number of halogens is 1. The normalized spacial score (nSPS) is 10.8. The second kappa shape index (κ2) is 4.86. The van der Waals surface area contributed by atoms with Crippen molar-refractivity contribution < 1.29 is 0 Å². The molecule has 2 heterocycles. The van der Waals surface area contributed by atoms with E-state index in [1.165, 1.54) is 16.0 Å². The smallest absolute Gasteiger partial charge is 0.211 e. The Hall–Kier alpha value is -1.38. The minimum atomic E-state index is 0.345. The molecule has 0 atom stereocenters. The Labute approximate surface area is 108 Å². The highest BCUT2D eigenvalue weighted by atomic mass is 35.5. The molecule has 2 aromatic heterocycles. The van der Waals surface area contributed by atoms with Crippen molar-refractivity contribution in [2.24, 2.45) is 5.92 Å². The Kier molecular flexibility index (Phi) is 3.46. The van der Waals surface area contributed by atoms with Crippen molar-refractivity contribution in [2.45, 2.75) is 20.3 Å². The van der Waals surface area contributed by atoms with Crippen LogP contribution in [0.5, 0.6) is 0 Å². The van der Waals surface area contributed by atoms with E-state index in [2.05, 4.69) is 30.0 Å². The Morgan fingerprint density at radius 3 is 2.88 bits per heavy atom. The summed E-state index contributed by atoms with van der Waals surface area (Å²) in [5.41, 5.74) is 1.19. The maximum atomic E-state index is 9.12. The van der Waals surface area contributed by atoms with Crippen molar-refractivity contribution in [3.05, 3.63) is 28.0 Å². The molecule has 0 bridgehead atoms. The first-order valence-corrected chi connectivity index (χ1v) is 6.46. The van der Waals surface area contributed by atoms with Gasteiger partial charge >= 0.3 is 0 Å². The first-order chi connectivity index (χ1) is 8.13. The van der Waals surface area contributed by atoms with Crippen molar-refractivity contribution in [3.63, 3.8) is 0 Å². The number of hydrogen-bond donors (Lipinski definition) is 0. The third kappa shape index (κ3) is 2.33. The predicted octanol–water partition coefficient (Wildman–Crippen LogP) is 3.05. The van der Waals surface area contributed by atoms with Gasteiger partial charge in [0.15, 0.2) is 5.15 Å². The highest BCUT2D eigenvalue weighted by Gasteiger charge is 2.18. The highest BCUT2D eigenvalue weighted by Crippen LogP contribution is 2.25. The van der Waals surface area contributed by atoms with Crippen LogP contribution in [-0.2, 0) is 6.42 Å². The lowest BCUT2D eigenvalue weighted by atomic mass is 10.1. The number of nitriles is 1. The van der Waals surface area contributed by atoms with Gasteiger partial charge in [0, 0.05) is 11.6 Å². The van der Waals surface area contributed by atoms with Crippen LogP contribution in [0, 0.1) is 17.2 Å². The number of rotatable bonds is 3. The van der Waals surface area contributed by atoms with Crippen LogP contribution in [0.15, 0.2) is 11.6 Å². The monoisotopic (exact) mass is 266 g/mol. The lowest BCUT2D eigenvalue weighted by molar-refractivity contribution is 0.627. The van der Waals surface area contributed by atoms with Gasteiger partial charge in [0.1, 0.15) is 11.6 Å². The summed E-state index contributed by atoms with van der Waals surface area (Å²) >= 11 is 7.59. The van der Waals surface area contributed by atoms with Crippen LogP contribution < -0.4 is 0 Å². The van der Waals surface area contributed by atoms with Gasteiger partial charge in [0.25, 0.3) is 0 Å². The average Bonchev–Trinajstić information content (AvgIpc) is 2.86. The summed E-state index contributed by atoms with van der Waals surface area (Å²) in [6, 6.07) is 2.11. The van der Waals surface area contributed by atoms with Crippen LogP contribution in [0.3, 0.4) is 0 Å². The van der Waals surface area contributed by atoms with E-state index >= 15 is 0 Å². The maximum absolute atomic E-state index is 9.12. The molecule has 0 amide bonds. The molecule has 0 aromatic carbocycles. The van der Waals surface area contributed by atoms with Crippen molar-refractivity contribution in [1.29, 1.82) is 5.26 Å². The van der Waals surface area contributed by atoms with Crippen LogP contribution in [0.2, 0.25) is 5.15 Å². The summed E-state index contributed by atoms with van der Waals surface area (Å²) < 4.78 is 1.53. The van der Waals surface area contributed by atoms with Crippen LogP contribution in [-0.4, -0.2) is 14.8 Å². The first kappa shape index (κ1) is 12.1. The summed E-state index contributed by atoms with van der Waals surface area (Å²) in [5.74, 6) is 0.429. The molecule has 6 heteroatoms. The minimum Gasteiger partial charge on any atom is -0.227 e. The second-order valence-corrected chi connectivity index (χ2v) is 5.28. The topological polar surface area (TPSA) is 54.5 Å². The van der Waals surface area contributed by atoms with E-state index in [0.29, 0.717) is 21.8 Å². The van der Waals surface area contributed by atoms with E-state index in [9.17, 15) is 0 Å². The fraction of sp³-hybridized carbons (Fsp3) is 0.364. The van der Waals surface area contributed by atoms with E-state index in [4.69, 9.17) is 16.9 Å². The van der Waals surface area contributed by atoms with Gasteiger partial charge in [-0.25, -0.2) is 4.98 Å². The van der Waals surface area contributed by atoms with Gasteiger partial charge in [-0.2, -0.15) is 15.0 Å². The summed E-state index contributed by atoms with van der Waals surface area (Å²) in [6.45, 7) is 4.16. The number of nitrogens with zero attached hydrogens (tertiary/aromatic N) is 4. The highest BCUT2D eigenvalue weighted by molar-refractivity contribution is 7.12. The van der Waals surface area contributed by atoms with E-state index in [1.807, 2.05) is 5.38 Å². The van der Waals surface area contributed by atoms with E-state index < -0.39 is 0 Å². The standard InChI is InChI=1S/C11H11ClN4S/c1-7(2)5-9-8(6-13)10(12)16(15-9)11-14-3-4-17-11/h3-4,7H,5H2,1-2H3. The van der Waals surface area contributed by atoms with Crippen LogP contribution in [0.25, 0.3) is 5.13 Å². The van der Waals surface area contributed by atoms with E-state index in [1.54, 1.807) is 6.20 Å². The van der Waals surface area contributed by atoms with Gasteiger partial charge in [0.2, 0.25) is 5.13 Å². The molecule has 0 radical (unpaired) electrons. The Morgan fingerprint density at radius 1 is 1.59 bits per heavy atom. The fourth-order valence-electron chi connectivity index (χ4n) is 1.53. The molecule has 0 aliphatic rings. The largest absolute Gasteiger partial charge is 0.227 e. The summed E-state index contributed by atoms with van der Waals surface area (Å²) in [5, 5.41) is 16.4. The molecule has 2 aromatic rings. The molecule has 0 aliphatic carbocycles. The molecule has 17 heavy (non-hydrogen) atoms. The summed E-state index contributed by atoms with van der Waals surface area (Å²) in [6.07, 6.45) is 2.42. The average molecular weight is 267 g/mol. The van der Waals surface area contributed by atoms with Gasteiger partial charge in [-0.05, 0) is 12.3 Å². The molecule has 2 rings (SSSR count). The molecule has 0 N–H and O–H groups in total. The zero-order chi connectivity index (χ0) is 12.4. The second-order valence-electron chi connectivity index (χ2n) is 4.05. The first-order valence-electron chi connectivity index (χ1n) is 5.20. The van der Waals surface area contributed by atoms with E-state index in [0.717, 1.165) is 12.1 Å². The lowest BCUT2D eigenvalue weighted by Gasteiger charge is -1.99. The maximum Gasteiger partial charge on any atom is 0.211 e. The Bertz CT molecular complexity index is 551. The van der Waals surface area contributed by atoms with Crippen molar-refractivity contribution >= 4 is 22.9 Å². The number of thiazole rings is 1. The van der Waals surface area contributed by atoms with Crippen LogP contribution in [0.4, 0.5) is 0 Å². The van der Waals surface area contributed by atoms with Gasteiger partial charge in [-0.3, -0.25) is 0 Å². The van der Waals surface area contributed by atoms with Gasteiger partial charge in [-0.15, -0.1) is 11.3 Å².